The van der Waals surface area contributed by atoms with Gasteiger partial charge < -0.3 is 25.3 Å². The molecule has 1 aliphatic heterocycles. The van der Waals surface area contributed by atoms with Crippen LogP contribution in [0.4, 0.5) is 4.79 Å². The van der Waals surface area contributed by atoms with E-state index in [0.29, 0.717) is 13.2 Å². The standard InChI is InChI=1S/C13H18N2O4/c1-17-9-2-3-12-10(8-9)11(4-6-18-12)15-5-7-19-13(14)16/h2-3,8,11,15H,4-7H2,1H3,(H2,14,16). The number of rotatable bonds is 5. The van der Waals surface area contributed by atoms with Gasteiger partial charge >= 0.3 is 6.09 Å². The van der Waals surface area contributed by atoms with Crippen molar-refractivity contribution < 1.29 is 19.0 Å². The molecule has 6 nitrogen and oxygen atoms in total. The van der Waals surface area contributed by atoms with Crippen molar-refractivity contribution in [1.82, 2.24) is 5.32 Å². The van der Waals surface area contributed by atoms with E-state index < -0.39 is 6.09 Å². The zero-order valence-corrected chi connectivity index (χ0v) is 10.8. The van der Waals surface area contributed by atoms with E-state index >= 15 is 0 Å². The minimum Gasteiger partial charge on any atom is -0.497 e. The second kappa shape index (κ2) is 6.29. The van der Waals surface area contributed by atoms with E-state index in [0.717, 1.165) is 23.5 Å². The number of hydrogen-bond donors (Lipinski definition) is 2. The molecule has 1 amide bonds. The van der Waals surface area contributed by atoms with E-state index in [-0.39, 0.29) is 12.6 Å². The van der Waals surface area contributed by atoms with Gasteiger partial charge in [-0.3, -0.25) is 0 Å². The number of primary amides is 1. The molecule has 19 heavy (non-hydrogen) atoms. The van der Waals surface area contributed by atoms with Gasteiger partial charge in [0.2, 0.25) is 0 Å². The van der Waals surface area contributed by atoms with Crippen LogP contribution in [-0.4, -0.2) is 33.0 Å². The van der Waals surface area contributed by atoms with Gasteiger partial charge in [-0.25, -0.2) is 4.79 Å². The Bertz CT molecular complexity index is 450. The van der Waals surface area contributed by atoms with E-state index in [1.54, 1.807) is 7.11 Å². The molecular weight excluding hydrogens is 248 g/mol. The number of methoxy groups -OCH3 is 1. The fourth-order valence-electron chi connectivity index (χ4n) is 2.10. The van der Waals surface area contributed by atoms with Gasteiger partial charge in [0.05, 0.1) is 13.7 Å². The van der Waals surface area contributed by atoms with Gasteiger partial charge in [0.1, 0.15) is 18.1 Å². The van der Waals surface area contributed by atoms with Gasteiger partial charge in [-0.05, 0) is 18.2 Å². The van der Waals surface area contributed by atoms with Crippen molar-refractivity contribution in [3.63, 3.8) is 0 Å². The largest absolute Gasteiger partial charge is 0.497 e. The lowest BCUT2D eigenvalue weighted by molar-refractivity contribution is 0.154. The Kier molecular flexibility index (Phi) is 4.46. The lowest BCUT2D eigenvalue weighted by Crippen LogP contribution is -2.30. The summed E-state index contributed by atoms with van der Waals surface area (Å²) in [5, 5.41) is 3.32. The molecule has 0 bridgehead atoms. The number of benzene rings is 1. The fraction of sp³-hybridized carbons (Fsp3) is 0.462. The summed E-state index contributed by atoms with van der Waals surface area (Å²) >= 11 is 0. The summed E-state index contributed by atoms with van der Waals surface area (Å²) in [5.41, 5.74) is 5.96. The number of fused-ring (bicyclic) bond motifs is 1. The maximum Gasteiger partial charge on any atom is 0.404 e. The first-order chi connectivity index (χ1) is 9.20. The highest BCUT2D eigenvalue weighted by Gasteiger charge is 2.21. The number of amides is 1. The smallest absolute Gasteiger partial charge is 0.404 e. The fourth-order valence-corrected chi connectivity index (χ4v) is 2.10. The molecule has 1 unspecified atom stereocenters. The first-order valence-electron chi connectivity index (χ1n) is 6.17. The molecule has 0 spiro atoms. The van der Waals surface area contributed by atoms with Crippen molar-refractivity contribution in [1.29, 1.82) is 0 Å². The number of carbonyl (C=O) groups is 1. The minimum absolute atomic E-state index is 0.162. The van der Waals surface area contributed by atoms with Crippen LogP contribution in [0.25, 0.3) is 0 Å². The Morgan fingerprint density at radius 3 is 3.16 bits per heavy atom. The average Bonchev–Trinajstić information content (AvgIpc) is 2.43. The molecule has 1 heterocycles. The summed E-state index contributed by atoms with van der Waals surface area (Å²) in [6.45, 7) is 1.46. The highest BCUT2D eigenvalue weighted by Crippen LogP contribution is 2.34. The summed E-state index contributed by atoms with van der Waals surface area (Å²) in [4.78, 5) is 10.5. The SMILES string of the molecule is COc1ccc2c(c1)C(NCCOC(N)=O)CCO2. The quantitative estimate of drug-likeness (QED) is 0.783. The Balaban J connectivity index is 1.98. The Morgan fingerprint density at radius 1 is 1.58 bits per heavy atom. The van der Waals surface area contributed by atoms with Gasteiger partial charge in [0.25, 0.3) is 0 Å². The minimum atomic E-state index is -0.754. The van der Waals surface area contributed by atoms with Crippen LogP contribution in [0, 0.1) is 0 Å². The van der Waals surface area contributed by atoms with Crippen LogP contribution in [0.15, 0.2) is 18.2 Å². The summed E-state index contributed by atoms with van der Waals surface area (Å²) in [6.07, 6.45) is 0.104. The van der Waals surface area contributed by atoms with Crippen molar-refractivity contribution in [3.05, 3.63) is 23.8 Å². The third-order valence-corrected chi connectivity index (χ3v) is 2.99. The van der Waals surface area contributed by atoms with Gasteiger partial charge in [-0.2, -0.15) is 0 Å². The molecule has 0 radical (unpaired) electrons. The molecule has 0 aromatic heterocycles. The molecule has 0 aliphatic carbocycles. The number of ether oxygens (including phenoxy) is 3. The molecular formula is C13H18N2O4. The van der Waals surface area contributed by atoms with Crippen LogP contribution >= 0.6 is 0 Å². The van der Waals surface area contributed by atoms with Crippen molar-refractivity contribution in [3.8, 4) is 11.5 Å². The van der Waals surface area contributed by atoms with Crippen molar-refractivity contribution in [2.75, 3.05) is 26.9 Å². The third kappa shape index (κ3) is 3.51. The Labute approximate surface area is 111 Å². The van der Waals surface area contributed by atoms with E-state index in [2.05, 4.69) is 10.1 Å². The Morgan fingerprint density at radius 2 is 2.42 bits per heavy atom. The van der Waals surface area contributed by atoms with E-state index in [9.17, 15) is 4.79 Å². The number of carbonyl (C=O) groups excluding carboxylic acids is 1. The summed E-state index contributed by atoms with van der Waals surface area (Å²) in [7, 11) is 1.63. The summed E-state index contributed by atoms with van der Waals surface area (Å²) < 4.78 is 15.5. The van der Waals surface area contributed by atoms with Crippen LogP contribution in [0.3, 0.4) is 0 Å². The normalized spacial score (nSPS) is 17.2. The molecule has 0 fully saturated rings. The van der Waals surface area contributed by atoms with Crippen molar-refractivity contribution >= 4 is 6.09 Å². The number of hydrogen-bond acceptors (Lipinski definition) is 5. The summed E-state index contributed by atoms with van der Waals surface area (Å²) in [5.74, 6) is 1.66. The molecule has 2 rings (SSSR count). The molecule has 104 valence electrons. The number of nitrogens with two attached hydrogens (primary N) is 1. The molecule has 1 aromatic carbocycles. The lowest BCUT2D eigenvalue weighted by atomic mass is 10.0. The van der Waals surface area contributed by atoms with Gasteiger partial charge in [0, 0.05) is 24.6 Å². The molecule has 0 saturated carbocycles. The maximum absolute atomic E-state index is 10.5. The van der Waals surface area contributed by atoms with Crippen LogP contribution in [0.5, 0.6) is 11.5 Å². The average molecular weight is 266 g/mol. The van der Waals surface area contributed by atoms with Crippen LogP contribution in [-0.2, 0) is 4.74 Å². The van der Waals surface area contributed by atoms with Crippen LogP contribution in [0.2, 0.25) is 0 Å². The van der Waals surface area contributed by atoms with Crippen LogP contribution < -0.4 is 20.5 Å². The molecule has 1 aliphatic rings. The Hall–Kier alpha value is -1.95. The van der Waals surface area contributed by atoms with E-state index in [1.807, 2.05) is 18.2 Å². The van der Waals surface area contributed by atoms with E-state index in [1.165, 1.54) is 0 Å². The van der Waals surface area contributed by atoms with Gasteiger partial charge in [0.15, 0.2) is 0 Å². The highest BCUT2D eigenvalue weighted by atomic mass is 16.5. The van der Waals surface area contributed by atoms with E-state index in [4.69, 9.17) is 15.2 Å². The topological polar surface area (TPSA) is 82.8 Å². The summed E-state index contributed by atoms with van der Waals surface area (Å²) in [6, 6.07) is 5.90. The van der Waals surface area contributed by atoms with Gasteiger partial charge in [-0.15, -0.1) is 0 Å². The van der Waals surface area contributed by atoms with Crippen molar-refractivity contribution in [2.24, 2.45) is 5.73 Å². The zero-order chi connectivity index (χ0) is 13.7. The molecule has 1 aromatic rings. The van der Waals surface area contributed by atoms with Crippen LogP contribution in [0.1, 0.15) is 18.0 Å². The second-order valence-corrected chi connectivity index (χ2v) is 4.22. The predicted molar refractivity (Wildman–Crippen MR) is 69.4 cm³/mol. The lowest BCUT2D eigenvalue weighted by Gasteiger charge is -2.27. The first-order valence-corrected chi connectivity index (χ1v) is 6.17. The molecule has 3 N–H and O–H groups in total. The third-order valence-electron chi connectivity index (χ3n) is 2.99. The van der Waals surface area contributed by atoms with Gasteiger partial charge in [-0.1, -0.05) is 0 Å². The predicted octanol–water partition coefficient (Wildman–Crippen LogP) is 1.20. The molecule has 6 heteroatoms. The first kappa shape index (κ1) is 13.5. The molecule has 0 saturated heterocycles. The van der Waals surface area contributed by atoms with Crippen molar-refractivity contribution in [2.45, 2.75) is 12.5 Å². The monoisotopic (exact) mass is 266 g/mol. The number of nitrogens with one attached hydrogen (secondary N) is 1. The molecule has 1 atom stereocenters. The highest BCUT2D eigenvalue weighted by molar-refractivity contribution is 5.64. The maximum atomic E-state index is 10.5. The second-order valence-electron chi connectivity index (χ2n) is 4.22. The zero-order valence-electron chi connectivity index (χ0n) is 10.8.